The third-order valence-electron chi connectivity index (χ3n) is 3.98. The number of carbonyl (C=O) groups excluding carboxylic acids is 1. The molecule has 1 atom stereocenters. The molecule has 2 aromatic rings. The Labute approximate surface area is 139 Å². The first kappa shape index (κ1) is 17.2. The summed E-state index contributed by atoms with van der Waals surface area (Å²) in [6.45, 7) is 8.65. The van der Waals surface area contributed by atoms with Gasteiger partial charge in [-0.05, 0) is 42.5 Å². The van der Waals surface area contributed by atoms with Gasteiger partial charge in [-0.3, -0.25) is 4.79 Å². The molecule has 0 saturated carbocycles. The van der Waals surface area contributed by atoms with Gasteiger partial charge in [0.05, 0.1) is 6.54 Å². The number of nitrogens with one attached hydrogen (secondary N) is 2. The highest BCUT2D eigenvalue weighted by atomic mass is 16.1. The SMILES string of the molecule is Cc1ccc(C)c(NC(=O)CN[C@@H](c2ccccc2)C(C)C)c1. The van der Waals surface area contributed by atoms with Crippen LogP contribution in [0.5, 0.6) is 0 Å². The van der Waals surface area contributed by atoms with E-state index >= 15 is 0 Å². The maximum absolute atomic E-state index is 12.3. The lowest BCUT2D eigenvalue weighted by Gasteiger charge is -2.23. The number of carbonyl (C=O) groups is 1. The Hall–Kier alpha value is -2.13. The average Bonchev–Trinajstić information content (AvgIpc) is 2.52. The van der Waals surface area contributed by atoms with Gasteiger partial charge in [0, 0.05) is 11.7 Å². The standard InChI is InChI=1S/C20H26N2O/c1-14(2)20(17-8-6-5-7-9-17)21-13-19(23)22-18-12-15(3)10-11-16(18)4/h5-12,14,20-21H,13H2,1-4H3,(H,22,23)/t20-/m1/s1. The summed E-state index contributed by atoms with van der Waals surface area (Å²) in [6.07, 6.45) is 0. The van der Waals surface area contributed by atoms with E-state index in [4.69, 9.17) is 0 Å². The second-order valence-electron chi connectivity index (χ2n) is 6.38. The summed E-state index contributed by atoms with van der Waals surface area (Å²) in [5, 5.41) is 6.37. The molecule has 0 saturated heterocycles. The molecule has 3 nitrogen and oxygen atoms in total. The summed E-state index contributed by atoms with van der Waals surface area (Å²) in [5.74, 6) is 0.395. The van der Waals surface area contributed by atoms with Crippen molar-refractivity contribution in [3.05, 3.63) is 65.2 Å². The lowest BCUT2D eigenvalue weighted by atomic mass is 9.96. The summed E-state index contributed by atoms with van der Waals surface area (Å²) >= 11 is 0. The number of hydrogen-bond acceptors (Lipinski definition) is 2. The minimum absolute atomic E-state index is 0.0136. The number of benzene rings is 2. The molecule has 23 heavy (non-hydrogen) atoms. The van der Waals surface area contributed by atoms with E-state index < -0.39 is 0 Å². The van der Waals surface area contributed by atoms with Crippen LogP contribution in [0.25, 0.3) is 0 Å². The largest absolute Gasteiger partial charge is 0.325 e. The number of hydrogen-bond donors (Lipinski definition) is 2. The maximum atomic E-state index is 12.3. The third-order valence-corrected chi connectivity index (χ3v) is 3.98. The molecule has 0 aromatic heterocycles. The van der Waals surface area contributed by atoms with Crippen molar-refractivity contribution in [2.45, 2.75) is 33.7 Å². The highest BCUT2D eigenvalue weighted by Crippen LogP contribution is 2.21. The van der Waals surface area contributed by atoms with E-state index in [1.54, 1.807) is 0 Å². The van der Waals surface area contributed by atoms with E-state index in [2.05, 4.69) is 36.6 Å². The Kier molecular flexibility index (Phi) is 5.94. The molecule has 0 radical (unpaired) electrons. The number of anilines is 1. The van der Waals surface area contributed by atoms with Crippen LogP contribution in [0.2, 0.25) is 0 Å². The van der Waals surface area contributed by atoms with E-state index in [1.165, 1.54) is 5.56 Å². The second kappa shape index (κ2) is 7.93. The molecule has 0 unspecified atom stereocenters. The summed E-state index contributed by atoms with van der Waals surface area (Å²) in [6, 6.07) is 16.5. The molecule has 2 aromatic carbocycles. The van der Waals surface area contributed by atoms with E-state index in [0.29, 0.717) is 12.5 Å². The monoisotopic (exact) mass is 310 g/mol. The van der Waals surface area contributed by atoms with Crippen LogP contribution in [-0.4, -0.2) is 12.5 Å². The fourth-order valence-electron chi connectivity index (χ4n) is 2.67. The zero-order valence-electron chi connectivity index (χ0n) is 14.4. The lowest BCUT2D eigenvalue weighted by Crippen LogP contribution is -2.33. The van der Waals surface area contributed by atoms with Crippen molar-refractivity contribution in [2.24, 2.45) is 5.92 Å². The van der Waals surface area contributed by atoms with Gasteiger partial charge in [-0.15, -0.1) is 0 Å². The van der Waals surface area contributed by atoms with Crippen molar-refractivity contribution in [2.75, 3.05) is 11.9 Å². The summed E-state index contributed by atoms with van der Waals surface area (Å²) < 4.78 is 0. The molecule has 0 heterocycles. The fourth-order valence-corrected chi connectivity index (χ4v) is 2.67. The summed E-state index contributed by atoms with van der Waals surface area (Å²) in [7, 11) is 0. The van der Waals surface area contributed by atoms with Crippen molar-refractivity contribution in [1.29, 1.82) is 0 Å². The minimum Gasteiger partial charge on any atom is -0.325 e. The normalized spacial score (nSPS) is 12.2. The Bertz CT molecular complexity index is 650. The Morgan fingerprint density at radius 2 is 1.74 bits per heavy atom. The van der Waals surface area contributed by atoms with Crippen LogP contribution in [0, 0.1) is 19.8 Å². The van der Waals surface area contributed by atoms with Crippen LogP contribution < -0.4 is 10.6 Å². The lowest BCUT2D eigenvalue weighted by molar-refractivity contribution is -0.115. The number of rotatable bonds is 6. The molecule has 0 bridgehead atoms. The van der Waals surface area contributed by atoms with Crippen LogP contribution in [0.1, 0.15) is 36.6 Å². The van der Waals surface area contributed by atoms with Crippen molar-refractivity contribution in [3.8, 4) is 0 Å². The molecule has 0 aliphatic rings. The zero-order chi connectivity index (χ0) is 16.8. The van der Waals surface area contributed by atoms with Crippen LogP contribution in [0.4, 0.5) is 5.69 Å². The van der Waals surface area contributed by atoms with Crippen molar-refractivity contribution in [3.63, 3.8) is 0 Å². The van der Waals surface area contributed by atoms with Gasteiger partial charge in [0.1, 0.15) is 0 Å². The van der Waals surface area contributed by atoms with E-state index in [-0.39, 0.29) is 11.9 Å². The number of amides is 1. The molecule has 0 spiro atoms. The Balaban J connectivity index is 1.98. The molecule has 2 N–H and O–H groups in total. The average molecular weight is 310 g/mol. The molecule has 1 amide bonds. The molecule has 0 aliphatic heterocycles. The van der Waals surface area contributed by atoms with Crippen molar-refractivity contribution >= 4 is 11.6 Å². The smallest absolute Gasteiger partial charge is 0.238 e. The zero-order valence-corrected chi connectivity index (χ0v) is 14.4. The molecular weight excluding hydrogens is 284 g/mol. The first-order valence-electron chi connectivity index (χ1n) is 8.13. The van der Waals surface area contributed by atoms with Gasteiger partial charge < -0.3 is 10.6 Å². The summed E-state index contributed by atoms with van der Waals surface area (Å²) in [4.78, 5) is 12.3. The Morgan fingerprint density at radius 3 is 2.39 bits per heavy atom. The van der Waals surface area contributed by atoms with E-state index in [1.807, 2.05) is 50.2 Å². The molecule has 3 heteroatoms. The van der Waals surface area contributed by atoms with Gasteiger partial charge in [-0.25, -0.2) is 0 Å². The van der Waals surface area contributed by atoms with Gasteiger partial charge in [0.15, 0.2) is 0 Å². The van der Waals surface area contributed by atoms with Crippen molar-refractivity contribution in [1.82, 2.24) is 5.32 Å². The second-order valence-corrected chi connectivity index (χ2v) is 6.38. The van der Waals surface area contributed by atoms with Gasteiger partial charge in [0.2, 0.25) is 5.91 Å². The van der Waals surface area contributed by atoms with Crippen LogP contribution in [0.3, 0.4) is 0 Å². The van der Waals surface area contributed by atoms with Crippen LogP contribution in [-0.2, 0) is 4.79 Å². The van der Waals surface area contributed by atoms with Gasteiger partial charge >= 0.3 is 0 Å². The van der Waals surface area contributed by atoms with Crippen LogP contribution >= 0.6 is 0 Å². The van der Waals surface area contributed by atoms with Crippen LogP contribution in [0.15, 0.2) is 48.5 Å². The van der Waals surface area contributed by atoms with Crippen molar-refractivity contribution < 1.29 is 4.79 Å². The molecule has 122 valence electrons. The fraction of sp³-hybridized carbons (Fsp3) is 0.350. The molecular formula is C20H26N2O. The predicted octanol–water partition coefficient (Wildman–Crippen LogP) is 4.23. The highest BCUT2D eigenvalue weighted by molar-refractivity contribution is 5.93. The quantitative estimate of drug-likeness (QED) is 0.838. The highest BCUT2D eigenvalue weighted by Gasteiger charge is 2.16. The predicted molar refractivity (Wildman–Crippen MR) is 96.6 cm³/mol. The minimum atomic E-state index is -0.0136. The Morgan fingerprint density at radius 1 is 1.04 bits per heavy atom. The first-order chi connectivity index (χ1) is 11.0. The maximum Gasteiger partial charge on any atom is 0.238 e. The third kappa shape index (κ3) is 4.93. The van der Waals surface area contributed by atoms with Gasteiger partial charge in [-0.1, -0.05) is 56.3 Å². The molecule has 2 rings (SSSR count). The summed E-state index contributed by atoms with van der Waals surface area (Å²) in [5.41, 5.74) is 4.32. The topological polar surface area (TPSA) is 41.1 Å². The molecule has 0 fully saturated rings. The van der Waals surface area contributed by atoms with E-state index in [0.717, 1.165) is 16.8 Å². The first-order valence-corrected chi connectivity index (χ1v) is 8.13. The van der Waals surface area contributed by atoms with Gasteiger partial charge in [0.25, 0.3) is 0 Å². The molecule has 0 aliphatic carbocycles. The van der Waals surface area contributed by atoms with Gasteiger partial charge in [-0.2, -0.15) is 0 Å². The number of aryl methyl sites for hydroxylation is 2. The van der Waals surface area contributed by atoms with E-state index in [9.17, 15) is 4.79 Å².